The van der Waals surface area contributed by atoms with Crippen LogP contribution in [0, 0.1) is 0 Å². The monoisotopic (exact) mass is 330 g/mol. The maximum absolute atomic E-state index is 13.7. The van der Waals surface area contributed by atoms with Gasteiger partial charge in [-0.25, -0.2) is 14.0 Å². The molecule has 9 heteroatoms. The Balaban J connectivity index is 2.12. The number of hydrogen-bond acceptors (Lipinski definition) is 6. The molecular weight excluding hydrogens is 311 g/mol. The van der Waals surface area contributed by atoms with Crippen LogP contribution in [0.2, 0.25) is 0 Å². The predicted molar refractivity (Wildman–Crippen MR) is 75.6 cm³/mol. The second-order valence-electron chi connectivity index (χ2n) is 6.24. The molecule has 0 bridgehead atoms. The van der Waals surface area contributed by atoms with Crippen LogP contribution in [0.5, 0.6) is 11.8 Å². The van der Waals surface area contributed by atoms with Gasteiger partial charge in [0.05, 0.1) is 6.54 Å². The van der Waals surface area contributed by atoms with Gasteiger partial charge in [-0.2, -0.15) is 0 Å². The zero-order valence-corrected chi connectivity index (χ0v) is 13.0. The van der Waals surface area contributed by atoms with Crippen LogP contribution >= 0.6 is 0 Å². The van der Waals surface area contributed by atoms with E-state index in [4.69, 9.17) is 9.57 Å². The normalized spacial score (nSPS) is 21.3. The van der Waals surface area contributed by atoms with Crippen molar-refractivity contribution in [3.63, 3.8) is 0 Å². The lowest BCUT2D eigenvalue weighted by Gasteiger charge is -2.27. The number of ether oxygens (including phenoxy) is 1. The number of alkyl halides is 1. The molecule has 0 aliphatic carbocycles. The van der Waals surface area contributed by atoms with Crippen molar-refractivity contribution in [2.45, 2.75) is 45.0 Å². The van der Waals surface area contributed by atoms with Crippen LogP contribution in [-0.2, 0) is 9.53 Å². The number of amides is 1. The molecule has 2 atom stereocenters. The molecule has 1 saturated heterocycles. The number of rotatable bonds is 2. The van der Waals surface area contributed by atoms with Gasteiger partial charge in [-0.3, -0.25) is 4.90 Å². The molecule has 128 valence electrons. The standard InChI is InChI=1S/C14H19FN2O6/c1-14(2,3)22-13(21)16-7-8(15)6-9(16)12(20)23-17-10(18)4-5-11(17)19/h4-5,8-9,18-19H,6-7H2,1-3H3/t8?,9-/m0/s1. The van der Waals surface area contributed by atoms with Crippen LogP contribution < -0.4 is 4.84 Å². The average molecular weight is 330 g/mol. The molecular formula is C14H19FN2O6. The van der Waals surface area contributed by atoms with Crippen molar-refractivity contribution in [2.24, 2.45) is 0 Å². The summed E-state index contributed by atoms with van der Waals surface area (Å²) in [5.74, 6) is -2.00. The summed E-state index contributed by atoms with van der Waals surface area (Å²) in [4.78, 5) is 30.0. The van der Waals surface area contributed by atoms with E-state index in [1.54, 1.807) is 20.8 Å². The lowest BCUT2D eigenvalue weighted by molar-refractivity contribution is -0.150. The van der Waals surface area contributed by atoms with Crippen molar-refractivity contribution in [1.82, 2.24) is 9.63 Å². The van der Waals surface area contributed by atoms with Crippen molar-refractivity contribution in [3.05, 3.63) is 12.1 Å². The van der Waals surface area contributed by atoms with Crippen molar-refractivity contribution >= 4 is 12.1 Å². The number of carbonyl (C=O) groups is 2. The fourth-order valence-electron chi connectivity index (χ4n) is 2.18. The van der Waals surface area contributed by atoms with Gasteiger partial charge in [-0.05, 0) is 20.8 Å². The Labute approximate surface area is 132 Å². The molecule has 1 aromatic rings. The highest BCUT2D eigenvalue weighted by molar-refractivity contribution is 5.82. The Morgan fingerprint density at radius 3 is 2.35 bits per heavy atom. The summed E-state index contributed by atoms with van der Waals surface area (Å²) in [6.07, 6.45) is -2.48. The highest BCUT2D eigenvalue weighted by atomic mass is 19.1. The first-order valence-electron chi connectivity index (χ1n) is 7.04. The van der Waals surface area contributed by atoms with Gasteiger partial charge in [0.25, 0.3) is 0 Å². The zero-order chi connectivity index (χ0) is 17.4. The third kappa shape index (κ3) is 3.85. The van der Waals surface area contributed by atoms with E-state index < -0.39 is 41.6 Å². The summed E-state index contributed by atoms with van der Waals surface area (Å²) in [6, 6.07) is 1.02. The topological polar surface area (TPSA) is 101 Å². The predicted octanol–water partition coefficient (Wildman–Crippen LogP) is 1.20. The summed E-state index contributed by atoms with van der Waals surface area (Å²) >= 11 is 0. The lowest BCUT2D eigenvalue weighted by atomic mass is 10.2. The Hall–Kier alpha value is -2.45. The molecule has 0 saturated carbocycles. The van der Waals surface area contributed by atoms with E-state index in [1.807, 2.05) is 0 Å². The Morgan fingerprint density at radius 2 is 1.83 bits per heavy atom. The lowest BCUT2D eigenvalue weighted by Crippen LogP contribution is -2.46. The number of likely N-dealkylation sites (tertiary alicyclic amines) is 1. The molecule has 8 nitrogen and oxygen atoms in total. The summed E-state index contributed by atoms with van der Waals surface area (Å²) in [5, 5.41) is 18.9. The molecule has 0 aromatic carbocycles. The first-order chi connectivity index (χ1) is 10.6. The molecule has 0 spiro atoms. The Morgan fingerprint density at radius 1 is 1.26 bits per heavy atom. The van der Waals surface area contributed by atoms with Gasteiger partial charge >= 0.3 is 12.1 Å². The molecule has 1 fully saturated rings. The SMILES string of the molecule is CC(C)(C)OC(=O)N1CC(F)C[C@H]1C(=O)On1c(O)ccc1O. The summed E-state index contributed by atoms with van der Waals surface area (Å²) in [5.41, 5.74) is -0.795. The van der Waals surface area contributed by atoms with Crippen LogP contribution in [0.1, 0.15) is 27.2 Å². The van der Waals surface area contributed by atoms with Crippen molar-refractivity contribution in [2.75, 3.05) is 6.54 Å². The summed E-state index contributed by atoms with van der Waals surface area (Å²) in [7, 11) is 0. The first-order valence-corrected chi connectivity index (χ1v) is 7.04. The average Bonchev–Trinajstić information content (AvgIpc) is 2.94. The van der Waals surface area contributed by atoms with Gasteiger partial charge in [0.2, 0.25) is 11.8 Å². The number of hydrogen-bond donors (Lipinski definition) is 2. The maximum Gasteiger partial charge on any atom is 0.411 e. The number of aromatic nitrogens is 1. The molecule has 1 amide bonds. The second kappa shape index (κ2) is 5.98. The smallest absolute Gasteiger partial charge is 0.411 e. The van der Waals surface area contributed by atoms with Crippen LogP contribution in [0.25, 0.3) is 0 Å². The minimum Gasteiger partial charge on any atom is -0.492 e. The molecule has 1 aromatic heterocycles. The van der Waals surface area contributed by atoms with Crippen LogP contribution in [0.3, 0.4) is 0 Å². The zero-order valence-electron chi connectivity index (χ0n) is 13.0. The quantitative estimate of drug-likeness (QED) is 0.845. The van der Waals surface area contributed by atoms with E-state index in [9.17, 15) is 24.2 Å². The van der Waals surface area contributed by atoms with Gasteiger partial charge < -0.3 is 19.8 Å². The summed E-state index contributed by atoms with van der Waals surface area (Å²) in [6.45, 7) is 4.66. The van der Waals surface area contributed by atoms with E-state index in [0.29, 0.717) is 4.73 Å². The number of nitrogens with zero attached hydrogens (tertiary/aromatic N) is 2. The molecule has 2 N–H and O–H groups in total. The van der Waals surface area contributed by atoms with E-state index in [2.05, 4.69) is 0 Å². The Kier molecular flexibility index (Phi) is 4.39. The molecule has 2 rings (SSSR count). The fraction of sp³-hybridized carbons (Fsp3) is 0.571. The van der Waals surface area contributed by atoms with Crippen LogP contribution in [0.15, 0.2) is 12.1 Å². The van der Waals surface area contributed by atoms with Gasteiger partial charge in [0, 0.05) is 18.6 Å². The third-order valence-corrected chi connectivity index (χ3v) is 3.13. The van der Waals surface area contributed by atoms with Crippen LogP contribution in [-0.4, -0.2) is 56.3 Å². The van der Waals surface area contributed by atoms with Gasteiger partial charge in [0.1, 0.15) is 17.8 Å². The minimum absolute atomic E-state index is 0.249. The van der Waals surface area contributed by atoms with Crippen LogP contribution in [0.4, 0.5) is 9.18 Å². The van der Waals surface area contributed by atoms with Crippen molar-refractivity contribution < 1.29 is 33.8 Å². The highest BCUT2D eigenvalue weighted by Gasteiger charge is 2.43. The largest absolute Gasteiger partial charge is 0.492 e. The molecule has 0 radical (unpaired) electrons. The third-order valence-electron chi connectivity index (χ3n) is 3.13. The van der Waals surface area contributed by atoms with Gasteiger partial charge in [-0.15, -0.1) is 4.73 Å². The van der Waals surface area contributed by atoms with Crippen molar-refractivity contribution in [1.29, 1.82) is 0 Å². The van der Waals surface area contributed by atoms with E-state index in [1.165, 1.54) is 0 Å². The van der Waals surface area contributed by atoms with E-state index >= 15 is 0 Å². The molecule has 1 unspecified atom stereocenters. The first kappa shape index (κ1) is 16.9. The fourth-order valence-corrected chi connectivity index (χ4v) is 2.18. The number of aromatic hydroxyl groups is 2. The molecule has 1 aliphatic rings. The number of halogens is 1. The molecule has 23 heavy (non-hydrogen) atoms. The molecule has 1 aliphatic heterocycles. The molecule has 2 heterocycles. The highest BCUT2D eigenvalue weighted by Crippen LogP contribution is 2.25. The second-order valence-corrected chi connectivity index (χ2v) is 6.24. The minimum atomic E-state index is -1.40. The van der Waals surface area contributed by atoms with E-state index in [0.717, 1.165) is 17.0 Å². The number of carbonyl (C=O) groups excluding carboxylic acids is 2. The van der Waals surface area contributed by atoms with E-state index in [-0.39, 0.29) is 13.0 Å². The summed E-state index contributed by atoms with van der Waals surface area (Å²) < 4.78 is 19.3. The maximum atomic E-state index is 13.7. The van der Waals surface area contributed by atoms with Crippen molar-refractivity contribution in [3.8, 4) is 11.8 Å². The van der Waals surface area contributed by atoms with Gasteiger partial charge in [-0.1, -0.05) is 0 Å². The van der Waals surface area contributed by atoms with Gasteiger partial charge in [0.15, 0.2) is 0 Å². The Bertz CT molecular complexity index is 589.